The van der Waals surface area contributed by atoms with Crippen LogP contribution in [0.25, 0.3) is 0 Å². The zero-order valence-electron chi connectivity index (χ0n) is 12.5. The highest BCUT2D eigenvalue weighted by atomic mass is 16.6. The number of rotatable bonds is 7. The summed E-state index contributed by atoms with van der Waals surface area (Å²) in [5, 5.41) is 24.1. The third-order valence-corrected chi connectivity index (χ3v) is 3.56. The van der Waals surface area contributed by atoms with Gasteiger partial charge >= 0.3 is 0 Å². The van der Waals surface area contributed by atoms with Gasteiger partial charge in [-0.05, 0) is 24.5 Å². The van der Waals surface area contributed by atoms with E-state index in [1.165, 1.54) is 12.1 Å². The van der Waals surface area contributed by atoms with E-state index in [2.05, 4.69) is 5.32 Å². The number of hydrogen-bond acceptors (Lipinski definition) is 4. The van der Waals surface area contributed by atoms with E-state index in [0.29, 0.717) is 13.0 Å². The van der Waals surface area contributed by atoms with Crippen molar-refractivity contribution in [3.63, 3.8) is 0 Å². The van der Waals surface area contributed by atoms with Crippen LogP contribution in [-0.2, 0) is 6.54 Å². The van der Waals surface area contributed by atoms with Crippen LogP contribution in [0.5, 0.6) is 0 Å². The molecule has 0 aliphatic heterocycles. The summed E-state index contributed by atoms with van der Waals surface area (Å²) in [6.07, 6.45) is 0.109. The van der Waals surface area contributed by atoms with Crippen molar-refractivity contribution in [2.45, 2.75) is 32.0 Å². The lowest BCUT2D eigenvalue weighted by Crippen LogP contribution is -2.27. The van der Waals surface area contributed by atoms with E-state index in [1.807, 2.05) is 37.3 Å². The molecule has 0 aliphatic rings. The molecule has 116 valence electrons. The molecule has 2 aromatic rings. The normalized spacial score (nSPS) is 13.5. The first-order valence-electron chi connectivity index (χ1n) is 7.26. The number of nitrogens with zero attached hydrogens (tertiary/aromatic N) is 1. The maximum absolute atomic E-state index is 10.6. The van der Waals surface area contributed by atoms with Gasteiger partial charge in [0.05, 0.1) is 11.0 Å². The molecule has 2 atom stereocenters. The van der Waals surface area contributed by atoms with Gasteiger partial charge in [-0.3, -0.25) is 10.1 Å². The van der Waals surface area contributed by atoms with Crippen molar-refractivity contribution in [1.29, 1.82) is 0 Å². The molecule has 2 unspecified atom stereocenters. The summed E-state index contributed by atoms with van der Waals surface area (Å²) in [5.74, 6) is 0. The Kier molecular flexibility index (Phi) is 5.63. The summed E-state index contributed by atoms with van der Waals surface area (Å²) in [4.78, 5) is 10.2. The van der Waals surface area contributed by atoms with Gasteiger partial charge in [0.2, 0.25) is 0 Å². The molecule has 0 amide bonds. The zero-order valence-corrected chi connectivity index (χ0v) is 12.5. The van der Waals surface area contributed by atoms with E-state index in [0.717, 1.165) is 11.1 Å². The molecule has 5 heteroatoms. The second kappa shape index (κ2) is 7.68. The van der Waals surface area contributed by atoms with Crippen molar-refractivity contribution in [3.05, 3.63) is 75.8 Å². The highest BCUT2D eigenvalue weighted by molar-refractivity contribution is 5.32. The Balaban J connectivity index is 1.82. The smallest absolute Gasteiger partial charge is 0.269 e. The maximum Gasteiger partial charge on any atom is 0.269 e. The number of hydrogen-bond donors (Lipinski definition) is 2. The van der Waals surface area contributed by atoms with Gasteiger partial charge in [-0.1, -0.05) is 42.5 Å². The third kappa shape index (κ3) is 4.65. The van der Waals surface area contributed by atoms with E-state index >= 15 is 0 Å². The number of nitro groups is 1. The van der Waals surface area contributed by atoms with Crippen LogP contribution in [0.2, 0.25) is 0 Å². The van der Waals surface area contributed by atoms with Crippen LogP contribution >= 0.6 is 0 Å². The Hall–Kier alpha value is -2.24. The topological polar surface area (TPSA) is 75.4 Å². The number of aliphatic hydroxyl groups excluding tert-OH is 1. The van der Waals surface area contributed by atoms with Crippen LogP contribution in [0.1, 0.15) is 30.6 Å². The molecule has 0 saturated heterocycles. The Labute approximate surface area is 129 Å². The quantitative estimate of drug-likeness (QED) is 0.608. The first kappa shape index (κ1) is 16.1. The fourth-order valence-electron chi connectivity index (χ4n) is 2.26. The first-order chi connectivity index (χ1) is 10.6. The number of benzene rings is 2. The highest BCUT2D eigenvalue weighted by Crippen LogP contribution is 2.18. The molecule has 0 heterocycles. The lowest BCUT2D eigenvalue weighted by molar-refractivity contribution is -0.384. The molecule has 2 N–H and O–H groups in total. The average molecular weight is 300 g/mol. The second-order valence-corrected chi connectivity index (χ2v) is 5.37. The lowest BCUT2D eigenvalue weighted by Gasteiger charge is -2.18. The monoisotopic (exact) mass is 300 g/mol. The molecule has 0 saturated carbocycles. The number of non-ortho nitro benzene ring substituents is 1. The van der Waals surface area contributed by atoms with Crippen molar-refractivity contribution in [2.24, 2.45) is 0 Å². The Morgan fingerprint density at radius 3 is 2.36 bits per heavy atom. The minimum atomic E-state index is -0.499. The molecular formula is C17H20N2O3. The molecule has 5 nitrogen and oxygen atoms in total. The van der Waals surface area contributed by atoms with Crippen LogP contribution in [0.4, 0.5) is 5.69 Å². The summed E-state index contributed by atoms with van der Waals surface area (Å²) in [7, 11) is 0. The Morgan fingerprint density at radius 1 is 1.14 bits per heavy atom. The molecule has 0 bridgehead atoms. The van der Waals surface area contributed by atoms with Gasteiger partial charge < -0.3 is 10.4 Å². The predicted molar refractivity (Wildman–Crippen MR) is 85.4 cm³/mol. The summed E-state index contributed by atoms with van der Waals surface area (Å²) in [6, 6.07) is 16.2. The predicted octanol–water partition coefficient (Wildman–Crippen LogP) is 3.20. The average Bonchev–Trinajstić information content (AvgIpc) is 2.54. The third-order valence-electron chi connectivity index (χ3n) is 3.56. The van der Waals surface area contributed by atoms with Crippen LogP contribution in [0.15, 0.2) is 54.6 Å². The molecule has 2 aromatic carbocycles. The van der Waals surface area contributed by atoms with Gasteiger partial charge in [0.15, 0.2) is 0 Å². The fraction of sp³-hybridized carbons (Fsp3) is 0.294. The molecule has 0 spiro atoms. The number of aliphatic hydroxyl groups is 1. The zero-order chi connectivity index (χ0) is 15.9. The standard InChI is InChI=1S/C17H20N2O3/c1-13(11-17(20)15-5-3-2-4-6-15)18-12-14-7-9-16(10-8-14)19(21)22/h2-10,13,17-18,20H,11-12H2,1H3. The largest absolute Gasteiger partial charge is 0.388 e. The Bertz CT molecular complexity index is 599. The van der Waals surface area contributed by atoms with E-state index in [4.69, 9.17) is 0 Å². The summed E-state index contributed by atoms with van der Waals surface area (Å²) in [6.45, 7) is 2.62. The molecule has 0 fully saturated rings. The van der Waals surface area contributed by atoms with Crippen LogP contribution in [0, 0.1) is 10.1 Å². The van der Waals surface area contributed by atoms with Gasteiger partial charge in [0, 0.05) is 24.7 Å². The Morgan fingerprint density at radius 2 is 1.77 bits per heavy atom. The SMILES string of the molecule is CC(CC(O)c1ccccc1)NCc1ccc([N+](=O)[O-])cc1. The highest BCUT2D eigenvalue weighted by Gasteiger charge is 2.12. The molecule has 0 aliphatic carbocycles. The van der Waals surface area contributed by atoms with E-state index in [9.17, 15) is 15.2 Å². The molecule has 22 heavy (non-hydrogen) atoms. The van der Waals surface area contributed by atoms with Gasteiger partial charge in [-0.15, -0.1) is 0 Å². The first-order valence-corrected chi connectivity index (χ1v) is 7.26. The number of nitrogens with one attached hydrogen (secondary N) is 1. The van der Waals surface area contributed by atoms with E-state index in [-0.39, 0.29) is 11.7 Å². The molecule has 0 aromatic heterocycles. The van der Waals surface area contributed by atoms with Gasteiger partial charge in [0.25, 0.3) is 5.69 Å². The van der Waals surface area contributed by atoms with Crippen molar-refractivity contribution in [3.8, 4) is 0 Å². The summed E-state index contributed by atoms with van der Waals surface area (Å²) < 4.78 is 0. The maximum atomic E-state index is 10.6. The van der Waals surface area contributed by atoms with Crippen molar-refractivity contribution in [1.82, 2.24) is 5.32 Å². The second-order valence-electron chi connectivity index (χ2n) is 5.37. The summed E-state index contributed by atoms with van der Waals surface area (Å²) in [5.41, 5.74) is 1.98. The minimum absolute atomic E-state index is 0.0938. The van der Waals surface area contributed by atoms with Crippen LogP contribution in [0.3, 0.4) is 0 Å². The van der Waals surface area contributed by atoms with Gasteiger partial charge in [-0.2, -0.15) is 0 Å². The molecule has 0 radical (unpaired) electrons. The van der Waals surface area contributed by atoms with Crippen LogP contribution < -0.4 is 5.32 Å². The fourth-order valence-corrected chi connectivity index (χ4v) is 2.26. The van der Waals surface area contributed by atoms with Crippen LogP contribution in [-0.4, -0.2) is 16.1 Å². The van der Waals surface area contributed by atoms with Crippen molar-refractivity contribution >= 4 is 5.69 Å². The van der Waals surface area contributed by atoms with E-state index < -0.39 is 11.0 Å². The van der Waals surface area contributed by atoms with Crippen molar-refractivity contribution in [2.75, 3.05) is 0 Å². The van der Waals surface area contributed by atoms with E-state index in [1.54, 1.807) is 12.1 Å². The van der Waals surface area contributed by atoms with Gasteiger partial charge in [-0.25, -0.2) is 0 Å². The number of nitro benzene ring substituents is 1. The molecular weight excluding hydrogens is 280 g/mol. The summed E-state index contributed by atoms with van der Waals surface area (Å²) >= 11 is 0. The lowest BCUT2D eigenvalue weighted by atomic mass is 10.0. The minimum Gasteiger partial charge on any atom is -0.388 e. The van der Waals surface area contributed by atoms with Crippen molar-refractivity contribution < 1.29 is 10.0 Å². The molecule has 2 rings (SSSR count). The van der Waals surface area contributed by atoms with Gasteiger partial charge in [0.1, 0.15) is 0 Å².